The largest absolute Gasteiger partial charge is 0.476 e. The van der Waals surface area contributed by atoms with E-state index < -0.39 is 17.7 Å². The van der Waals surface area contributed by atoms with Crippen LogP contribution in [-0.2, 0) is 11.3 Å². The topological polar surface area (TPSA) is 97.1 Å². The van der Waals surface area contributed by atoms with E-state index >= 15 is 0 Å². The third kappa shape index (κ3) is 3.46. The van der Waals surface area contributed by atoms with Crippen molar-refractivity contribution >= 4 is 17.6 Å². The summed E-state index contributed by atoms with van der Waals surface area (Å²) in [7, 11) is 0. The van der Waals surface area contributed by atoms with Crippen molar-refractivity contribution in [3.05, 3.63) is 41.5 Å². The summed E-state index contributed by atoms with van der Waals surface area (Å²) >= 11 is 0. The number of aromatic nitrogens is 3. The molecule has 0 atom stereocenters. The van der Waals surface area contributed by atoms with Gasteiger partial charge in [0, 0.05) is 5.69 Å². The summed E-state index contributed by atoms with van der Waals surface area (Å²) in [5.41, 5.74) is 0.655. The van der Waals surface area contributed by atoms with Crippen LogP contribution in [0.4, 0.5) is 10.1 Å². The zero-order valence-corrected chi connectivity index (χ0v) is 12.1. The number of halogens is 1. The van der Waals surface area contributed by atoms with Gasteiger partial charge in [-0.2, -0.15) is 0 Å². The van der Waals surface area contributed by atoms with Gasteiger partial charge in [0.2, 0.25) is 5.91 Å². The Kier molecular flexibility index (Phi) is 4.50. The summed E-state index contributed by atoms with van der Waals surface area (Å²) in [6, 6.07) is 5.32. The maximum Gasteiger partial charge on any atom is 0.358 e. The highest BCUT2D eigenvalue weighted by atomic mass is 19.1. The van der Waals surface area contributed by atoms with Gasteiger partial charge in [-0.05, 0) is 30.2 Å². The monoisotopic (exact) mass is 306 g/mol. The second-order valence-corrected chi connectivity index (χ2v) is 5.00. The van der Waals surface area contributed by atoms with Gasteiger partial charge in [-0.15, -0.1) is 5.10 Å². The van der Waals surface area contributed by atoms with Crippen molar-refractivity contribution in [2.45, 2.75) is 26.3 Å². The van der Waals surface area contributed by atoms with Gasteiger partial charge in [0.1, 0.15) is 12.4 Å². The fraction of sp³-hybridized carbons (Fsp3) is 0.286. The second-order valence-electron chi connectivity index (χ2n) is 5.00. The summed E-state index contributed by atoms with van der Waals surface area (Å²) in [5, 5.41) is 19.0. The molecule has 1 amide bonds. The molecule has 0 fully saturated rings. The van der Waals surface area contributed by atoms with E-state index in [1.165, 1.54) is 28.9 Å². The van der Waals surface area contributed by atoms with Crippen LogP contribution < -0.4 is 5.32 Å². The number of carbonyl (C=O) groups excluding carboxylic acids is 1. The molecule has 1 heterocycles. The number of rotatable bonds is 5. The lowest BCUT2D eigenvalue weighted by molar-refractivity contribution is -0.117. The van der Waals surface area contributed by atoms with Gasteiger partial charge in [-0.1, -0.05) is 19.1 Å². The van der Waals surface area contributed by atoms with Crippen LogP contribution in [0.1, 0.15) is 35.9 Å². The predicted molar refractivity (Wildman–Crippen MR) is 76.1 cm³/mol. The molecule has 1 aromatic heterocycles. The van der Waals surface area contributed by atoms with Gasteiger partial charge in [0.25, 0.3) is 0 Å². The standard InChI is InChI=1S/C14H15FN4O3/c1-8(2)13-12(14(21)22)17-18-19(13)7-11(20)16-10-5-3-9(15)4-6-10/h3-6,8H,7H2,1-2H3,(H,16,20)(H,21,22). The number of nitrogens with one attached hydrogen (secondary N) is 1. The Morgan fingerprint density at radius 2 is 1.95 bits per heavy atom. The van der Waals surface area contributed by atoms with Crippen LogP contribution >= 0.6 is 0 Å². The first kappa shape index (κ1) is 15.6. The minimum atomic E-state index is -1.19. The molecular weight excluding hydrogens is 291 g/mol. The van der Waals surface area contributed by atoms with E-state index in [2.05, 4.69) is 15.6 Å². The summed E-state index contributed by atoms with van der Waals surface area (Å²) in [6.07, 6.45) is 0. The predicted octanol–water partition coefficient (Wildman–Crippen LogP) is 1.88. The van der Waals surface area contributed by atoms with Crippen LogP contribution in [0.2, 0.25) is 0 Å². The molecule has 0 spiro atoms. The third-order valence-electron chi connectivity index (χ3n) is 2.94. The maximum atomic E-state index is 12.8. The van der Waals surface area contributed by atoms with E-state index in [-0.39, 0.29) is 18.2 Å². The molecule has 1 aromatic carbocycles. The normalized spacial score (nSPS) is 10.7. The van der Waals surface area contributed by atoms with Crippen molar-refractivity contribution in [2.24, 2.45) is 0 Å². The lowest BCUT2D eigenvalue weighted by Crippen LogP contribution is -2.21. The minimum absolute atomic E-state index is 0.153. The Bertz CT molecular complexity index is 695. The number of carboxylic acids is 1. The van der Waals surface area contributed by atoms with E-state index in [1.54, 1.807) is 13.8 Å². The lowest BCUT2D eigenvalue weighted by Gasteiger charge is -2.10. The van der Waals surface area contributed by atoms with Crippen molar-refractivity contribution in [2.75, 3.05) is 5.32 Å². The van der Waals surface area contributed by atoms with Gasteiger partial charge < -0.3 is 10.4 Å². The first-order valence-electron chi connectivity index (χ1n) is 6.60. The van der Waals surface area contributed by atoms with Crippen LogP contribution in [0.5, 0.6) is 0 Å². The number of carboxylic acid groups (broad SMARTS) is 1. The molecule has 0 aliphatic heterocycles. The molecular formula is C14H15FN4O3. The van der Waals surface area contributed by atoms with Crippen molar-refractivity contribution in [3.63, 3.8) is 0 Å². The number of nitrogens with zero attached hydrogens (tertiary/aromatic N) is 3. The fourth-order valence-corrected chi connectivity index (χ4v) is 2.03. The summed E-state index contributed by atoms with van der Waals surface area (Å²) in [5.74, 6) is -2.15. The van der Waals surface area contributed by atoms with Crippen LogP contribution in [0, 0.1) is 5.82 Å². The van der Waals surface area contributed by atoms with E-state index in [0.717, 1.165) is 0 Å². The number of carbonyl (C=O) groups is 2. The van der Waals surface area contributed by atoms with Crippen molar-refractivity contribution < 1.29 is 19.1 Å². The van der Waals surface area contributed by atoms with E-state index in [9.17, 15) is 14.0 Å². The number of benzene rings is 1. The molecule has 0 saturated heterocycles. The maximum absolute atomic E-state index is 12.8. The molecule has 22 heavy (non-hydrogen) atoms. The fourth-order valence-electron chi connectivity index (χ4n) is 2.03. The highest BCUT2D eigenvalue weighted by Crippen LogP contribution is 2.17. The molecule has 116 valence electrons. The van der Waals surface area contributed by atoms with Gasteiger partial charge in [-0.25, -0.2) is 13.9 Å². The second kappa shape index (κ2) is 6.33. The number of amides is 1. The Balaban J connectivity index is 2.14. The van der Waals surface area contributed by atoms with Crippen LogP contribution in [0.15, 0.2) is 24.3 Å². The summed E-state index contributed by atoms with van der Waals surface area (Å²) in [4.78, 5) is 23.1. The molecule has 0 saturated carbocycles. The van der Waals surface area contributed by atoms with Crippen molar-refractivity contribution in [1.82, 2.24) is 15.0 Å². The average Bonchev–Trinajstić information content (AvgIpc) is 2.85. The average molecular weight is 306 g/mol. The number of hydrogen-bond donors (Lipinski definition) is 2. The number of hydrogen-bond acceptors (Lipinski definition) is 4. The third-order valence-corrected chi connectivity index (χ3v) is 2.94. The van der Waals surface area contributed by atoms with Crippen LogP contribution in [0.25, 0.3) is 0 Å². The first-order valence-corrected chi connectivity index (χ1v) is 6.60. The molecule has 0 unspecified atom stereocenters. The minimum Gasteiger partial charge on any atom is -0.476 e. The smallest absolute Gasteiger partial charge is 0.358 e. The summed E-state index contributed by atoms with van der Waals surface area (Å²) in [6.45, 7) is 3.41. The molecule has 2 aromatic rings. The van der Waals surface area contributed by atoms with Crippen LogP contribution in [0.3, 0.4) is 0 Å². The van der Waals surface area contributed by atoms with E-state index in [4.69, 9.17) is 5.11 Å². The molecule has 8 heteroatoms. The van der Waals surface area contributed by atoms with E-state index in [0.29, 0.717) is 11.4 Å². The van der Waals surface area contributed by atoms with Gasteiger partial charge in [-0.3, -0.25) is 4.79 Å². The molecule has 0 bridgehead atoms. The van der Waals surface area contributed by atoms with Crippen molar-refractivity contribution in [1.29, 1.82) is 0 Å². The van der Waals surface area contributed by atoms with Gasteiger partial charge in [0.15, 0.2) is 5.69 Å². The van der Waals surface area contributed by atoms with Gasteiger partial charge in [0.05, 0.1) is 5.69 Å². The summed E-state index contributed by atoms with van der Waals surface area (Å²) < 4.78 is 14.1. The SMILES string of the molecule is CC(C)c1c(C(=O)O)nnn1CC(=O)Nc1ccc(F)cc1. The Hall–Kier alpha value is -2.77. The molecule has 2 N–H and O–H groups in total. The molecule has 7 nitrogen and oxygen atoms in total. The Morgan fingerprint density at radius 1 is 1.32 bits per heavy atom. The molecule has 2 rings (SSSR count). The van der Waals surface area contributed by atoms with Crippen LogP contribution in [-0.4, -0.2) is 32.0 Å². The lowest BCUT2D eigenvalue weighted by atomic mass is 10.1. The number of anilines is 1. The molecule has 0 aliphatic rings. The Labute approximate surface area is 125 Å². The van der Waals surface area contributed by atoms with E-state index in [1.807, 2.05) is 0 Å². The zero-order chi connectivity index (χ0) is 16.3. The molecule has 0 radical (unpaired) electrons. The highest BCUT2D eigenvalue weighted by molar-refractivity contribution is 5.91. The van der Waals surface area contributed by atoms with Crippen molar-refractivity contribution in [3.8, 4) is 0 Å². The quantitative estimate of drug-likeness (QED) is 0.879. The number of aromatic carboxylic acids is 1. The molecule has 0 aliphatic carbocycles. The highest BCUT2D eigenvalue weighted by Gasteiger charge is 2.22. The Morgan fingerprint density at radius 3 is 2.50 bits per heavy atom. The van der Waals surface area contributed by atoms with Gasteiger partial charge >= 0.3 is 5.97 Å². The first-order chi connectivity index (χ1) is 10.4. The zero-order valence-electron chi connectivity index (χ0n) is 12.1.